The summed E-state index contributed by atoms with van der Waals surface area (Å²) in [7, 11) is 0. The lowest BCUT2D eigenvalue weighted by molar-refractivity contribution is -0.136. The van der Waals surface area contributed by atoms with Crippen molar-refractivity contribution in [3.8, 4) is 0 Å². The van der Waals surface area contributed by atoms with Crippen LogP contribution < -0.4 is 0 Å². The number of allylic oxidation sites excluding steroid dienone is 5. The molecule has 0 heterocycles. The van der Waals surface area contributed by atoms with Crippen LogP contribution in [0.3, 0.4) is 0 Å². The molecule has 3 aliphatic carbocycles. The Labute approximate surface area is 232 Å². The van der Waals surface area contributed by atoms with Gasteiger partial charge in [0.05, 0.1) is 17.6 Å². The number of hydrogen-bond acceptors (Lipinski definition) is 4. The fourth-order valence-corrected chi connectivity index (χ4v) is 7.50. The van der Waals surface area contributed by atoms with E-state index in [-0.39, 0.29) is 28.8 Å². The van der Waals surface area contributed by atoms with Gasteiger partial charge < -0.3 is 10.2 Å². The molecule has 6 atom stereocenters. The Balaban J connectivity index is 1.65. The Bertz CT molecular complexity index is 911. The smallest absolute Gasteiger partial charge is 0.168 e. The van der Waals surface area contributed by atoms with E-state index in [1.54, 1.807) is 19.9 Å². The lowest BCUT2D eigenvalue weighted by atomic mass is 9.61. The second-order valence-electron chi connectivity index (χ2n) is 13.5. The fourth-order valence-electron chi connectivity index (χ4n) is 7.50. The molecule has 0 amide bonds. The molecule has 3 aliphatic rings. The van der Waals surface area contributed by atoms with Gasteiger partial charge in [-0.2, -0.15) is 0 Å². The molecule has 3 rings (SSSR count). The standard InChI is InChI=1S/C34H54O4/c1-7-8-9-10-13-31(37)33(4,5)32(38)19-14-23(2)27-17-18-28-26(12-11-20-34(27,28)6)16-15-25-21-29(35)24(3)30(36)22-25/h14-16,19,23-24,27-30,35-36H,7-13,17-18,20-22H2,1-6H3/b19-14+,25-15?,26-16+/t23-,24?,27+,28-,29+,30+,34+/m0/s1. The highest BCUT2D eigenvalue weighted by Gasteiger charge is 2.50. The summed E-state index contributed by atoms with van der Waals surface area (Å²) in [5, 5.41) is 20.6. The number of aliphatic hydroxyl groups excluding tert-OH is 2. The summed E-state index contributed by atoms with van der Waals surface area (Å²) in [6.07, 6.45) is 19.2. The second-order valence-corrected chi connectivity index (χ2v) is 13.5. The number of unbranched alkanes of at least 4 members (excludes halogenated alkanes) is 3. The maximum Gasteiger partial charge on any atom is 0.168 e. The van der Waals surface area contributed by atoms with Crippen molar-refractivity contribution in [3.63, 3.8) is 0 Å². The van der Waals surface area contributed by atoms with Crippen LogP contribution in [0.4, 0.5) is 0 Å². The number of carbonyl (C=O) groups is 2. The SMILES string of the molecule is CCCCCCC(=O)C(C)(C)C(=O)/C=C/[C@H](C)[C@H]1CC[C@H]2/C(=C/C=C3C[C@@H](O)C(C)[C@H](O)C3)CCC[C@]12C. The zero-order valence-corrected chi connectivity index (χ0v) is 25.0. The first-order valence-electron chi connectivity index (χ1n) is 15.4. The van der Waals surface area contributed by atoms with Gasteiger partial charge >= 0.3 is 0 Å². The molecule has 3 saturated carbocycles. The van der Waals surface area contributed by atoms with Crippen LogP contribution in [0, 0.1) is 34.5 Å². The van der Waals surface area contributed by atoms with Gasteiger partial charge in [-0.1, -0.05) is 76.3 Å². The number of rotatable bonds is 11. The highest BCUT2D eigenvalue weighted by Crippen LogP contribution is 2.59. The molecule has 0 aromatic rings. The first-order chi connectivity index (χ1) is 17.9. The fraction of sp³-hybridized carbons (Fsp3) is 0.765. The lowest BCUT2D eigenvalue weighted by Gasteiger charge is -2.44. The van der Waals surface area contributed by atoms with Crippen molar-refractivity contribution >= 4 is 11.6 Å². The van der Waals surface area contributed by atoms with Crippen LogP contribution in [0.5, 0.6) is 0 Å². The molecule has 3 fully saturated rings. The topological polar surface area (TPSA) is 74.6 Å². The van der Waals surface area contributed by atoms with E-state index in [4.69, 9.17) is 0 Å². The number of aliphatic hydroxyl groups is 2. The van der Waals surface area contributed by atoms with Gasteiger partial charge in [0, 0.05) is 12.3 Å². The van der Waals surface area contributed by atoms with E-state index in [0.717, 1.165) is 44.1 Å². The first kappa shape index (κ1) is 31.0. The normalized spacial score (nSPS) is 33.9. The minimum Gasteiger partial charge on any atom is -0.392 e. The van der Waals surface area contributed by atoms with E-state index < -0.39 is 17.6 Å². The largest absolute Gasteiger partial charge is 0.392 e. The summed E-state index contributed by atoms with van der Waals surface area (Å²) in [6.45, 7) is 12.3. The van der Waals surface area contributed by atoms with Crippen LogP contribution in [0.2, 0.25) is 0 Å². The Morgan fingerprint density at radius 3 is 2.42 bits per heavy atom. The Morgan fingerprint density at radius 1 is 1.08 bits per heavy atom. The quantitative estimate of drug-likeness (QED) is 0.166. The summed E-state index contributed by atoms with van der Waals surface area (Å²) in [4.78, 5) is 25.9. The summed E-state index contributed by atoms with van der Waals surface area (Å²) in [5.41, 5.74) is 1.92. The van der Waals surface area contributed by atoms with Crippen molar-refractivity contribution in [2.75, 3.05) is 0 Å². The third-order valence-electron chi connectivity index (χ3n) is 10.5. The van der Waals surface area contributed by atoms with Gasteiger partial charge in [-0.3, -0.25) is 9.59 Å². The van der Waals surface area contributed by atoms with Gasteiger partial charge in [-0.05, 0) is 94.5 Å². The van der Waals surface area contributed by atoms with E-state index >= 15 is 0 Å². The maximum absolute atomic E-state index is 13.1. The molecule has 4 nitrogen and oxygen atoms in total. The molecule has 0 bridgehead atoms. The maximum atomic E-state index is 13.1. The van der Waals surface area contributed by atoms with Gasteiger partial charge in [0.2, 0.25) is 0 Å². The Kier molecular flexibility index (Phi) is 10.8. The molecule has 0 aromatic heterocycles. The molecule has 4 heteroatoms. The molecular weight excluding hydrogens is 472 g/mol. The number of Topliss-reactive ketones (excluding diaryl/α,β-unsaturated/α-hetero) is 1. The third-order valence-corrected chi connectivity index (χ3v) is 10.5. The van der Waals surface area contributed by atoms with Crippen molar-refractivity contribution < 1.29 is 19.8 Å². The van der Waals surface area contributed by atoms with Gasteiger partial charge in [0.15, 0.2) is 5.78 Å². The minimum atomic E-state index is -0.948. The van der Waals surface area contributed by atoms with Crippen molar-refractivity contribution in [2.45, 2.75) is 131 Å². The Hall–Kier alpha value is -1.52. The van der Waals surface area contributed by atoms with Crippen molar-refractivity contribution in [3.05, 3.63) is 35.5 Å². The van der Waals surface area contributed by atoms with Crippen LogP contribution in [-0.4, -0.2) is 34.0 Å². The van der Waals surface area contributed by atoms with E-state index in [9.17, 15) is 19.8 Å². The molecule has 2 N–H and O–H groups in total. The molecule has 0 spiro atoms. The summed E-state index contributed by atoms with van der Waals surface area (Å²) in [6, 6.07) is 0. The van der Waals surface area contributed by atoms with Gasteiger partial charge in [0.1, 0.15) is 5.78 Å². The third kappa shape index (κ3) is 6.97. The molecule has 0 aromatic carbocycles. The number of hydrogen-bond donors (Lipinski definition) is 2. The lowest BCUT2D eigenvalue weighted by Crippen LogP contribution is -2.36. The monoisotopic (exact) mass is 526 g/mol. The van der Waals surface area contributed by atoms with E-state index in [1.165, 1.54) is 24.8 Å². The summed E-state index contributed by atoms with van der Waals surface area (Å²) >= 11 is 0. The average Bonchev–Trinajstić information content (AvgIpc) is 3.24. The highest BCUT2D eigenvalue weighted by molar-refractivity contribution is 6.10. The summed E-state index contributed by atoms with van der Waals surface area (Å²) in [5.74, 6) is 1.28. The van der Waals surface area contributed by atoms with Crippen LogP contribution in [-0.2, 0) is 9.59 Å². The first-order valence-corrected chi connectivity index (χ1v) is 15.4. The molecule has 0 aliphatic heterocycles. The molecular formula is C34H54O4. The number of ketones is 2. The number of carbonyl (C=O) groups excluding carboxylic acids is 2. The van der Waals surface area contributed by atoms with E-state index in [0.29, 0.717) is 31.1 Å². The van der Waals surface area contributed by atoms with Crippen LogP contribution in [0.25, 0.3) is 0 Å². The van der Waals surface area contributed by atoms with E-state index in [2.05, 4.69) is 39.0 Å². The number of fused-ring (bicyclic) bond motifs is 1. The molecule has 38 heavy (non-hydrogen) atoms. The van der Waals surface area contributed by atoms with Crippen molar-refractivity contribution in [1.29, 1.82) is 0 Å². The molecule has 214 valence electrons. The predicted molar refractivity (Wildman–Crippen MR) is 156 cm³/mol. The molecule has 0 unspecified atom stereocenters. The zero-order chi connectivity index (χ0) is 28.1. The molecule has 0 saturated heterocycles. The van der Waals surface area contributed by atoms with Crippen LogP contribution in [0.1, 0.15) is 119 Å². The van der Waals surface area contributed by atoms with Crippen molar-refractivity contribution in [1.82, 2.24) is 0 Å². The predicted octanol–water partition coefficient (Wildman–Crippen LogP) is 7.53. The minimum absolute atomic E-state index is 0.0624. The van der Waals surface area contributed by atoms with Gasteiger partial charge in [-0.25, -0.2) is 0 Å². The molecule has 0 radical (unpaired) electrons. The zero-order valence-electron chi connectivity index (χ0n) is 25.0. The average molecular weight is 527 g/mol. The van der Waals surface area contributed by atoms with E-state index in [1.807, 2.05) is 6.92 Å². The van der Waals surface area contributed by atoms with Crippen LogP contribution >= 0.6 is 0 Å². The highest BCUT2D eigenvalue weighted by atomic mass is 16.3. The second kappa shape index (κ2) is 13.2. The van der Waals surface area contributed by atoms with Gasteiger partial charge in [0.25, 0.3) is 0 Å². The van der Waals surface area contributed by atoms with Crippen LogP contribution in [0.15, 0.2) is 35.5 Å². The van der Waals surface area contributed by atoms with Gasteiger partial charge in [-0.15, -0.1) is 0 Å². The summed E-state index contributed by atoms with van der Waals surface area (Å²) < 4.78 is 0. The Morgan fingerprint density at radius 2 is 1.76 bits per heavy atom. The van der Waals surface area contributed by atoms with Crippen molar-refractivity contribution in [2.24, 2.45) is 34.5 Å².